The fourth-order valence-corrected chi connectivity index (χ4v) is 4.02. The van der Waals surface area contributed by atoms with Gasteiger partial charge in [0, 0.05) is 23.8 Å². The smallest absolute Gasteiger partial charge is 0.301 e. The zero-order valence-corrected chi connectivity index (χ0v) is 17.1. The summed E-state index contributed by atoms with van der Waals surface area (Å²) in [6.45, 7) is 0.246. The summed E-state index contributed by atoms with van der Waals surface area (Å²) in [6.07, 6.45) is 5.54. The molecule has 0 spiro atoms. The maximum atomic E-state index is 12.7. The minimum absolute atomic E-state index is 0.119. The van der Waals surface area contributed by atoms with Gasteiger partial charge in [-0.3, -0.25) is 4.79 Å². The van der Waals surface area contributed by atoms with E-state index in [4.69, 9.17) is 20.4 Å². The van der Waals surface area contributed by atoms with Crippen molar-refractivity contribution in [2.45, 2.75) is 6.54 Å². The van der Waals surface area contributed by atoms with Crippen LogP contribution in [0.4, 0.5) is 0 Å². The van der Waals surface area contributed by atoms with Crippen LogP contribution in [0.15, 0.2) is 58.0 Å². The van der Waals surface area contributed by atoms with Gasteiger partial charge < -0.3 is 18.6 Å². The van der Waals surface area contributed by atoms with E-state index in [0.29, 0.717) is 22.1 Å². The highest BCUT2D eigenvalue weighted by molar-refractivity contribution is 7.16. The molecule has 2 aromatic carbocycles. The average molecular weight is 419 g/mol. The molecule has 0 fully saturated rings. The number of terminal acetylenes is 1. The predicted octanol–water partition coefficient (Wildman–Crippen LogP) is 3.75. The van der Waals surface area contributed by atoms with Crippen molar-refractivity contribution in [2.75, 3.05) is 14.2 Å². The molecule has 4 rings (SSSR count). The van der Waals surface area contributed by atoms with Crippen molar-refractivity contribution in [3.8, 4) is 35.2 Å². The number of methoxy groups -OCH3 is 2. The Morgan fingerprint density at radius 2 is 1.93 bits per heavy atom. The van der Waals surface area contributed by atoms with Crippen molar-refractivity contribution in [2.24, 2.45) is 4.99 Å². The number of fused-ring (bicyclic) bond motifs is 1. The quantitative estimate of drug-likeness (QED) is 0.461. The molecule has 0 saturated heterocycles. The maximum Gasteiger partial charge on any atom is 0.301 e. The van der Waals surface area contributed by atoms with Crippen LogP contribution in [0.1, 0.15) is 10.5 Å². The van der Waals surface area contributed by atoms with Crippen molar-refractivity contribution in [1.29, 1.82) is 0 Å². The van der Waals surface area contributed by atoms with E-state index in [0.717, 1.165) is 15.8 Å². The average Bonchev–Trinajstić information content (AvgIpc) is 3.39. The first-order valence-corrected chi connectivity index (χ1v) is 9.76. The topological polar surface area (TPSA) is 78.9 Å². The van der Waals surface area contributed by atoms with Gasteiger partial charge in [0.15, 0.2) is 27.8 Å². The first kappa shape index (κ1) is 19.5. The molecule has 30 heavy (non-hydrogen) atoms. The summed E-state index contributed by atoms with van der Waals surface area (Å²) in [5.41, 5.74) is 1.74. The normalized spacial score (nSPS) is 11.4. The van der Waals surface area contributed by atoms with Crippen LogP contribution in [0.3, 0.4) is 0 Å². The molecular formula is C22H17N3O4S. The molecule has 2 heterocycles. The molecule has 0 radical (unpaired) electrons. The maximum absolute atomic E-state index is 12.7. The molecule has 0 N–H and O–H groups in total. The van der Waals surface area contributed by atoms with Gasteiger partial charge in [0.05, 0.1) is 31.0 Å². The van der Waals surface area contributed by atoms with Crippen molar-refractivity contribution >= 4 is 27.5 Å². The Balaban J connectivity index is 1.78. The second-order valence-electron chi connectivity index (χ2n) is 6.21. The monoisotopic (exact) mass is 419 g/mol. The van der Waals surface area contributed by atoms with E-state index < -0.39 is 5.91 Å². The highest BCUT2D eigenvalue weighted by Gasteiger charge is 2.16. The SMILES string of the molecule is C#CCn1c(=NC(=O)c2cc(-c3ccccc3)on2)sc2cc(OC)c(OC)cc21. The minimum atomic E-state index is -0.516. The van der Waals surface area contributed by atoms with E-state index in [9.17, 15) is 4.79 Å². The van der Waals surface area contributed by atoms with Crippen LogP contribution in [-0.4, -0.2) is 29.9 Å². The molecule has 2 aromatic heterocycles. The number of hydrogen-bond donors (Lipinski definition) is 0. The first-order chi connectivity index (χ1) is 14.6. The van der Waals surface area contributed by atoms with Crippen molar-refractivity contribution in [3.05, 3.63) is 59.0 Å². The molecule has 7 nitrogen and oxygen atoms in total. The molecular weight excluding hydrogens is 402 g/mol. The number of aromatic nitrogens is 2. The Labute approximate surface area is 176 Å². The van der Waals surface area contributed by atoms with Crippen LogP contribution < -0.4 is 14.3 Å². The summed E-state index contributed by atoms with van der Waals surface area (Å²) in [5.74, 6) is 3.73. The number of ether oxygens (including phenoxy) is 2. The Hall–Kier alpha value is -3.83. The van der Waals surface area contributed by atoms with Crippen molar-refractivity contribution in [1.82, 2.24) is 9.72 Å². The third kappa shape index (κ3) is 3.58. The van der Waals surface area contributed by atoms with E-state index in [1.54, 1.807) is 24.9 Å². The van der Waals surface area contributed by atoms with Gasteiger partial charge in [-0.1, -0.05) is 52.7 Å². The third-order valence-electron chi connectivity index (χ3n) is 4.42. The summed E-state index contributed by atoms with van der Waals surface area (Å²) in [6, 6.07) is 14.6. The van der Waals surface area contributed by atoms with Gasteiger partial charge >= 0.3 is 5.91 Å². The van der Waals surface area contributed by atoms with Gasteiger partial charge in [-0.05, 0) is 0 Å². The summed E-state index contributed by atoms with van der Waals surface area (Å²) in [7, 11) is 3.13. The molecule has 0 unspecified atom stereocenters. The molecule has 0 aliphatic heterocycles. The minimum Gasteiger partial charge on any atom is -0.493 e. The van der Waals surface area contributed by atoms with Gasteiger partial charge in [-0.25, -0.2) is 0 Å². The number of thiazole rings is 1. The molecule has 1 amide bonds. The van der Waals surface area contributed by atoms with Crippen molar-refractivity contribution in [3.63, 3.8) is 0 Å². The van der Waals surface area contributed by atoms with Crippen LogP contribution in [-0.2, 0) is 6.54 Å². The van der Waals surface area contributed by atoms with Crippen LogP contribution in [0.2, 0.25) is 0 Å². The number of nitrogens with zero attached hydrogens (tertiary/aromatic N) is 3. The molecule has 150 valence electrons. The molecule has 0 aliphatic rings. The summed E-state index contributed by atoms with van der Waals surface area (Å²) < 4.78 is 18.7. The molecule has 0 aliphatic carbocycles. The summed E-state index contributed by atoms with van der Waals surface area (Å²) in [5, 5.41) is 3.87. The number of amides is 1. The Morgan fingerprint density at radius 3 is 2.63 bits per heavy atom. The molecule has 0 atom stereocenters. The Morgan fingerprint density at radius 1 is 1.20 bits per heavy atom. The summed E-state index contributed by atoms with van der Waals surface area (Å²) >= 11 is 1.32. The van der Waals surface area contributed by atoms with Gasteiger partial charge in [0.25, 0.3) is 0 Å². The number of rotatable bonds is 5. The van der Waals surface area contributed by atoms with E-state index in [1.165, 1.54) is 11.3 Å². The lowest BCUT2D eigenvalue weighted by molar-refractivity contribution is 0.0989. The van der Waals surface area contributed by atoms with Gasteiger partial charge in [-0.2, -0.15) is 4.99 Å². The largest absolute Gasteiger partial charge is 0.493 e. The zero-order valence-electron chi connectivity index (χ0n) is 16.3. The van der Waals surface area contributed by atoms with Crippen LogP contribution in [0.5, 0.6) is 11.5 Å². The number of carbonyl (C=O) groups excluding carboxylic acids is 1. The van der Waals surface area contributed by atoms with E-state index >= 15 is 0 Å². The predicted molar refractivity (Wildman–Crippen MR) is 114 cm³/mol. The zero-order chi connectivity index (χ0) is 21.1. The number of hydrogen-bond acceptors (Lipinski definition) is 6. The van der Waals surface area contributed by atoms with Gasteiger partial charge in [-0.15, -0.1) is 6.42 Å². The Kier molecular flexibility index (Phi) is 5.37. The van der Waals surface area contributed by atoms with Crippen LogP contribution in [0.25, 0.3) is 21.5 Å². The highest BCUT2D eigenvalue weighted by Crippen LogP contribution is 2.33. The van der Waals surface area contributed by atoms with Gasteiger partial charge in [0.1, 0.15) is 0 Å². The molecule has 0 saturated carbocycles. The first-order valence-electron chi connectivity index (χ1n) is 8.94. The van der Waals surface area contributed by atoms with Crippen molar-refractivity contribution < 1.29 is 18.8 Å². The van der Waals surface area contributed by atoms with E-state index in [-0.39, 0.29) is 12.2 Å². The lowest BCUT2D eigenvalue weighted by atomic mass is 10.1. The number of benzene rings is 2. The molecule has 8 heteroatoms. The molecule has 0 bridgehead atoms. The van der Waals surface area contributed by atoms with E-state index in [1.807, 2.05) is 42.5 Å². The lowest BCUT2D eigenvalue weighted by Gasteiger charge is -2.08. The fraction of sp³-hybridized carbons (Fsp3) is 0.136. The fourth-order valence-electron chi connectivity index (χ4n) is 2.98. The number of carbonyl (C=O) groups is 1. The van der Waals surface area contributed by atoms with Gasteiger partial charge in [0.2, 0.25) is 0 Å². The standard InChI is InChI=1S/C22H17N3O4S/c1-4-10-25-16-12-18(27-2)19(28-3)13-20(16)30-22(25)23-21(26)15-11-17(29-24-15)14-8-6-5-7-9-14/h1,5-9,11-13H,10H2,2-3H3. The van der Waals surface area contributed by atoms with E-state index in [2.05, 4.69) is 16.1 Å². The lowest BCUT2D eigenvalue weighted by Crippen LogP contribution is -2.16. The molecule has 4 aromatic rings. The second kappa shape index (κ2) is 8.27. The second-order valence-corrected chi connectivity index (χ2v) is 7.22. The van der Waals surface area contributed by atoms with Crippen LogP contribution >= 0.6 is 11.3 Å². The summed E-state index contributed by atoms with van der Waals surface area (Å²) in [4.78, 5) is 17.4. The van der Waals surface area contributed by atoms with Crippen LogP contribution in [0, 0.1) is 12.3 Å². The Bertz CT molecular complexity index is 1330. The highest BCUT2D eigenvalue weighted by atomic mass is 32.1. The third-order valence-corrected chi connectivity index (χ3v) is 5.46.